The van der Waals surface area contributed by atoms with Crippen LogP contribution in [0.2, 0.25) is 0 Å². The molecule has 0 radical (unpaired) electrons. The molecule has 1 heterocycles. The van der Waals surface area contributed by atoms with Crippen molar-refractivity contribution in [3.63, 3.8) is 0 Å². The van der Waals surface area contributed by atoms with Gasteiger partial charge in [0.2, 0.25) is 26.6 Å². The number of nitrogens with zero attached hydrogens (tertiary/aromatic N) is 1. The summed E-state index contributed by atoms with van der Waals surface area (Å²) >= 11 is 0. The molecule has 0 spiro atoms. The summed E-state index contributed by atoms with van der Waals surface area (Å²) in [6, 6.07) is 12.4. The maximum Gasteiger partial charge on any atom is 0.417 e. The first-order valence-electron chi connectivity index (χ1n) is 8.51. The second-order valence-electron chi connectivity index (χ2n) is 6.43. The molecule has 0 amide bonds. The number of anilines is 1. The number of alkyl halides is 3. The van der Waals surface area contributed by atoms with E-state index < -0.39 is 32.5 Å². The van der Waals surface area contributed by atoms with Gasteiger partial charge >= 0.3 is 6.18 Å². The fourth-order valence-electron chi connectivity index (χ4n) is 2.74. The molecule has 2 aromatic carbocycles. The van der Waals surface area contributed by atoms with Gasteiger partial charge in [-0.05, 0) is 37.1 Å². The average Bonchev–Trinajstić information content (AvgIpc) is 3.38. The Morgan fingerprint density at radius 2 is 1.64 bits per heavy atom. The quantitative estimate of drug-likeness (QED) is 0.659. The molecule has 5 nitrogen and oxygen atoms in total. The molecule has 1 saturated carbocycles. The van der Waals surface area contributed by atoms with Gasteiger partial charge in [-0.2, -0.15) is 18.2 Å². The van der Waals surface area contributed by atoms with Gasteiger partial charge in [-0.1, -0.05) is 30.3 Å². The normalized spacial score (nSPS) is 14.8. The van der Waals surface area contributed by atoms with Gasteiger partial charge in [-0.15, -0.1) is 0 Å². The van der Waals surface area contributed by atoms with E-state index in [0.29, 0.717) is 0 Å². The van der Waals surface area contributed by atoms with Crippen molar-refractivity contribution in [2.24, 2.45) is 0 Å². The molecule has 4 rings (SSSR count). The lowest BCUT2D eigenvalue weighted by atomic mass is 10.1. The van der Waals surface area contributed by atoms with Crippen LogP contribution in [0.1, 0.15) is 18.4 Å². The summed E-state index contributed by atoms with van der Waals surface area (Å²) in [4.78, 5) is 3.95. The van der Waals surface area contributed by atoms with Crippen molar-refractivity contribution in [3.05, 3.63) is 60.2 Å². The molecule has 28 heavy (non-hydrogen) atoms. The highest BCUT2D eigenvalue weighted by atomic mass is 32.2. The smallest absolute Gasteiger partial charge is 0.417 e. The summed E-state index contributed by atoms with van der Waals surface area (Å²) in [6.45, 7) is 0. The number of nitrogens with one attached hydrogen (secondary N) is 1. The van der Waals surface area contributed by atoms with Crippen LogP contribution in [-0.2, 0) is 16.0 Å². The third-order valence-electron chi connectivity index (χ3n) is 4.28. The van der Waals surface area contributed by atoms with Crippen molar-refractivity contribution in [2.45, 2.75) is 35.0 Å². The first-order valence-corrected chi connectivity index (χ1v) is 9.99. The Morgan fingerprint density at radius 3 is 2.29 bits per heavy atom. The summed E-state index contributed by atoms with van der Waals surface area (Å²) in [5.74, 6) is -0.538. The monoisotopic (exact) mass is 408 g/mol. The van der Waals surface area contributed by atoms with Crippen LogP contribution in [0.4, 0.5) is 19.1 Å². The number of hydrogen-bond acceptors (Lipinski definition) is 5. The number of hydrogen-bond donors (Lipinski definition) is 1. The Labute approximate surface area is 159 Å². The maximum absolute atomic E-state index is 13.4. The lowest BCUT2D eigenvalue weighted by Gasteiger charge is -2.09. The molecule has 1 fully saturated rings. The fourth-order valence-corrected chi connectivity index (χ4v) is 4.02. The second kappa shape index (κ2) is 6.66. The second-order valence-corrected chi connectivity index (χ2v) is 8.30. The summed E-state index contributed by atoms with van der Waals surface area (Å²) < 4.78 is 71.6. The molecule has 9 heteroatoms. The van der Waals surface area contributed by atoms with Gasteiger partial charge in [-0.3, -0.25) is 0 Å². The van der Waals surface area contributed by atoms with Crippen molar-refractivity contribution in [3.8, 4) is 11.5 Å². The van der Waals surface area contributed by atoms with Crippen molar-refractivity contribution >= 4 is 15.7 Å². The molecule has 1 N–H and O–H groups in total. The number of oxazole rings is 1. The predicted octanol–water partition coefficient (Wildman–Crippen LogP) is 4.77. The molecule has 0 bridgehead atoms. The third-order valence-corrected chi connectivity index (χ3v) is 5.96. The minimum atomic E-state index is -4.63. The zero-order chi connectivity index (χ0) is 19.9. The summed E-state index contributed by atoms with van der Waals surface area (Å²) in [5, 5.41) is 2.50. The Balaban J connectivity index is 1.87. The van der Waals surface area contributed by atoms with Gasteiger partial charge in [0.25, 0.3) is 0 Å². The Kier molecular flexibility index (Phi) is 4.41. The van der Waals surface area contributed by atoms with Crippen LogP contribution in [0, 0.1) is 0 Å². The van der Waals surface area contributed by atoms with Crippen molar-refractivity contribution in [1.82, 2.24) is 4.98 Å². The lowest BCUT2D eigenvalue weighted by molar-refractivity contribution is -0.137. The molecule has 1 aromatic heterocycles. The molecule has 0 saturated heterocycles. The summed E-state index contributed by atoms with van der Waals surface area (Å²) in [7, 11) is -4.07. The van der Waals surface area contributed by atoms with E-state index in [9.17, 15) is 21.6 Å². The van der Waals surface area contributed by atoms with Gasteiger partial charge in [-0.25, -0.2) is 8.42 Å². The van der Waals surface area contributed by atoms with E-state index in [2.05, 4.69) is 10.3 Å². The zero-order valence-electron chi connectivity index (χ0n) is 14.4. The van der Waals surface area contributed by atoms with E-state index in [0.717, 1.165) is 18.9 Å². The van der Waals surface area contributed by atoms with Crippen LogP contribution in [0.15, 0.2) is 68.9 Å². The maximum atomic E-state index is 13.4. The van der Waals surface area contributed by atoms with Crippen LogP contribution >= 0.6 is 0 Å². The fraction of sp³-hybridized carbons (Fsp3) is 0.211. The van der Waals surface area contributed by atoms with Crippen molar-refractivity contribution in [2.75, 3.05) is 5.32 Å². The molecule has 0 unspecified atom stereocenters. The van der Waals surface area contributed by atoms with Gasteiger partial charge in [0, 0.05) is 11.6 Å². The highest BCUT2D eigenvalue weighted by molar-refractivity contribution is 7.91. The highest BCUT2D eigenvalue weighted by Crippen LogP contribution is 2.40. The van der Waals surface area contributed by atoms with E-state index >= 15 is 0 Å². The van der Waals surface area contributed by atoms with E-state index in [1.54, 1.807) is 18.2 Å². The van der Waals surface area contributed by atoms with Crippen LogP contribution in [0.25, 0.3) is 11.5 Å². The first-order chi connectivity index (χ1) is 13.3. The average molecular weight is 408 g/mol. The minimum Gasteiger partial charge on any atom is -0.419 e. The van der Waals surface area contributed by atoms with Crippen LogP contribution in [0.5, 0.6) is 0 Å². The van der Waals surface area contributed by atoms with Crippen LogP contribution < -0.4 is 5.32 Å². The predicted molar refractivity (Wildman–Crippen MR) is 95.5 cm³/mol. The number of benzene rings is 2. The molecular weight excluding hydrogens is 393 g/mol. The number of halogens is 3. The lowest BCUT2D eigenvalue weighted by Crippen LogP contribution is -2.08. The number of sulfone groups is 1. The number of rotatable bonds is 5. The molecule has 1 aliphatic rings. The summed E-state index contributed by atoms with van der Waals surface area (Å²) in [5.41, 5.74) is -1.26. The van der Waals surface area contributed by atoms with Crippen LogP contribution in [-0.4, -0.2) is 19.4 Å². The highest BCUT2D eigenvalue weighted by Gasteiger charge is 2.37. The molecule has 146 valence electrons. The standard InChI is InChI=1S/C19H15F3N2O3S/c20-19(21,22)15-9-5-4-8-14(15)16-24-18(17(27-16)23-12-10-11-12)28(25,26)13-6-2-1-3-7-13/h1-9,12,23H,10-11H2. The van der Waals surface area contributed by atoms with E-state index in [-0.39, 0.29) is 22.4 Å². The van der Waals surface area contributed by atoms with Crippen molar-refractivity contribution in [1.29, 1.82) is 0 Å². The first kappa shape index (κ1) is 18.5. The SMILES string of the molecule is O=S(=O)(c1ccccc1)c1nc(-c2ccccc2C(F)(F)F)oc1NC1CC1. The minimum absolute atomic E-state index is 0.0159. The van der Waals surface area contributed by atoms with Crippen molar-refractivity contribution < 1.29 is 26.0 Å². The molecule has 0 aliphatic heterocycles. The van der Waals surface area contributed by atoms with Gasteiger partial charge in [0.15, 0.2) is 0 Å². The molecule has 0 atom stereocenters. The molecule has 3 aromatic rings. The Morgan fingerprint density at radius 1 is 1.00 bits per heavy atom. The van der Waals surface area contributed by atoms with E-state index in [1.807, 2.05) is 0 Å². The van der Waals surface area contributed by atoms with Crippen LogP contribution in [0.3, 0.4) is 0 Å². The summed E-state index contributed by atoms with van der Waals surface area (Å²) in [6.07, 6.45) is -2.99. The van der Waals surface area contributed by atoms with Gasteiger partial charge in [0.05, 0.1) is 10.5 Å². The third kappa shape index (κ3) is 3.49. The topological polar surface area (TPSA) is 72.2 Å². The molecular formula is C19H15F3N2O3S. The van der Waals surface area contributed by atoms with Gasteiger partial charge in [0.1, 0.15) is 0 Å². The zero-order valence-corrected chi connectivity index (χ0v) is 15.2. The van der Waals surface area contributed by atoms with E-state index in [4.69, 9.17) is 4.42 Å². The van der Waals surface area contributed by atoms with Gasteiger partial charge < -0.3 is 9.73 Å². The Hall–Kier alpha value is -2.81. The number of aromatic nitrogens is 1. The Bertz CT molecular complexity index is 1100. The molecule has 1 aliphatic carbocycles. The van der Waals surface area contributed by atoms with E-state index in [1.165, 1.54) is 30.3 Å². The largest absolute Gasteiger partial charge is 0.419 e.